The largest absolute Gasteiger partial charge is 0.496 e. The predicted octanol–water partition coefficient (Wildman–Crippen LogP) is 6.63. The van der Waals surface area contributed by atoms with Crippen LogP contribution in [0, 0.1) is 6.92 Å². The molecule has 0 spiro atoms. The van der Waals surface area contributed by atoms with Crippen LogP contribution in [0.2, 0.25) is 0 Å². The first-order chi connectivity index (χ1) is 15.1. The number of ketones is 1. The molecule has 154 valence electrons. The lowest BCUT2D eigenvalue weighted by Crippen LogP contribution is -2.00. The van der Waals surface area contributed by atoms with Crippen LogP contribution in [0.5, 0.6) is 11.5 Å². The van der Waals surface area contributed by atoms with Crippen molar-refractivity contribution in [3.63, 3.8) is 0 Å². The Labute approximate surface area is 182 Å². The second-order valence-corrected chi connectivity index (χ2v) is 7.38. The smallest absolute Gasteiger partial charge is 0.185 e. The van der Waals surface area contributed by atoms with E-state index in [0.29, 0.717) is 12.2 Å². The van der Waals surface area contributed by atoms with E-state index in [4.69, 9.17) is 9.47 Å². The molecule has 0 aliphatic carbocycles. The van der Waals surface area contributed by atoms with Crippen molar-refractivity contribution in [2.45, 2.75) is 13.5 Å². The van der Waals surface area contributed by atoms with E-state index in [1.165, 1.54) is 0 Å². The standard InChI is InChI=1S/C28H24O3/c1-20-7-3-6-10-27(20)31-19-25-17-21(12-16-28(25)30-2)11-15-26(29)24-14-13-22-8-4-5-9-23(22)18-24/h3-18H,19H2,1-2H3/b15-11+. The van der Waals surface area contributed by atoms with Crippen molar-refractivity contribution in [2.75, 3.05) is 7.11 Å². The molecule has 0 aliphatic rings. The fourth-order valence-electron chi connectivity index (χ4n) is 3.50. The number of carbonyl (C=O) groups is 1. The average molecular weight is 408 g/mol. The van der Waals surface area contributed by atoms with Crippen LogP contribution in [0.25, 0.3) is 16.8 Å². The Morgan fingerprint density at radius 2 is 1.61 bits per heavy atom. The summed E-state index contributed by atoms with van der Waals surface area (Å²) in [5.74, 6) is 1.57. The van der Waals surface area contributed by atoms with Gasteiger partial charge in [-0.2, -0.15) is 0 Å². The minimum absolute atomic E-state index is 0.0284. The molecular formula is C28H24O3. The number of rotatable bonds is 7. The molecule has 0 heterocycles. The SMILES string of the molecule is COc1ccc(/C=C/C(=O)c2ccc3ccccc3c2)cc1COc1ccccc1C. The molecule has 0 aromatic heterocycles. The van der Waals surface area contributed by atoms with Crippen molar-refractivity contribution in [1.29, 1.82) is 0 Å². The number of hydrogen-bond donors (Lipinski definition) is 0. The van der Waals surface area contributed by atoms with Crippen molar-refractivity contribution in [3.05, 3.63) is 113 Å². The van der Waals surface area contributed by atoms with Crippen LogP contribution in [0.4, 0.5) is 0 Å². The number of fused-ring (bicyclic) bond motifs is 1. The monoisotopic (exact) mass is 408 g/mol. The van der Waals surface area contributed by atoms with Crippen LogP contribution in [-0.4, -0.2) is 12.9 Å². The maximum absolute atomic E-state index is 12.7. The van der Waals surface area contributed by atoms with E-state index in [1.807, 2.05) is 97.9 Å². The number of allylic oxidation sites excluding steroid dienone is 1. The lowest BCUT2D eigenvalue weighted by Gasteiger charge is -2.12. The zero-order valence-corrected chi connectivity index (χ0v) is 17.7. The predicted molar refractivity (Wildman–Crippen MR) is 126 cm³/mol. The minimum Gasteiger partial charge on any atom is -0.496 e. The topological polar surface area (TPSA) is 35.5 Å². The summed E-state index contributed by atoms with van der Waals surface area (Å²) in [4.78, 5) is 12.7. The fraction of sp³-hybridized carbons (Fsp3) is 0.107. The molecule has 0 unspecified atom stereocenters. The second kappa shape index (κ2) is 9.31. The molecule has 0 N–H and O–H groups in total. The molecule has 4 aromatic carbocycles. The fourth-order valence-corrected chi connectivity index (χ4v) is 3.50. The summed E-state index contributed by atoms with van der Waals surface area (Å²) in [7, 11) is 1.64. The third kappa shape index (κ3) is 4.84. The molecule has 0 bridgehead atoms. The number of benzene rings is 4. The van der Waals surface area contributed by atoms with Crippen LogP contribution >= 0.6 is 0 Å². The van der Waals surface area contributed by atoms with Crippen LogP contribution in [0.3, 0.4) is 0 Å². The highest BCUT2D eigenvalue weighted by Crippen LogP contribution is 2.24. The van der Waals surface area contributed by atoms with Crippen LogP contribution < -0.4 is 9.47 Å². The van der Waals surface area contributed by atoms with Crippen molar-refractivity contribution in [3.8, 4) is 11.5 Å². The molecule has 0 aliphatic heterocycles. The van der Waals surface area contributed by atoms with E-state index >= 15 is 0 Å². The number of ether oxygens (including phenoxy) is 2. The quantitative estimate of drug-likeness (QED) is 0.254. The number of aryl methyl sites for hydroxylation is 1. The highest BCUT2D eigenvalue weighted by Gasteiger charge is 2.07. The van der Waals surface area contributed by atoms with Crippen molar-refractivity contribution in [2.24, 2.45) is 0 Å². The summed E-state index contributed by atoms with van der Waals surface area (Å²) in [6, 6.07) is 27.5. The van der Waals surface area contributed by atoms with Crippen molar-refractivity contribution in [1.82, 2.24) is 0 Å². The van der Waals surface area contributed by atoms with E-state index in [1.54, 1.807) is 13.2 Å². The maximum atomic E-state index is 12.7. The van der Waals surface area contributed by atoms with E-state index < -0.39 is 0 Å². The molecular weight excluding hydrogens is 384 g/mol. The molecule has 0 amide bonds. The van der Waals surface area contributed by atoms with Gasteiger partial charge in [0.1, 0.15) is 18.1 Å². The summed E-state index contributed by atoms with van der Waals surface area (Å²) in [5, 5.41) is 2.18. The lowest BCUT2D eigenvalue weighted by molar-refractivity contribution is 0.104. The number of para-hydroxylation sites is 1. The van der Waals surface area contributed by atoms with Gasteiger partial charge in [-0.05, 0) is 59.2 Å². The van der Waals surface area contributed by atoms with Gasteiger partial charge in [-0.3, -0.25) is 4.79 Å². The first-order valence-corrected chi connectivity index (χ1v) is 10.2. The Kier molecular flexibility index (Phi) is 6.13. The number of methoxy groups -OCH3 is 1. The van der Waals surface area contributed by atoms with Gasteiger partial charge in [-0.25, -0.2) is 0 Å². The zero-order chi connectivity index (χ0) is 21.6. The summed E-state index contributed by atoms with van der Waals surface area (Å²) < 4.78 is 11.5. The van der Waals surface area contributed by atoms with Crippen LogP contribution in [0.1, 0.15) is 27.0 Å². The molecule has 0 saturated carbocycles. The highest BCUT2D eigenvalue weighted by molar-refractivity contribution is 6.08. The highest BCUT2D eigenvalue weighted by atomic mass is 16.5. The zero-order valence-electron chi connectivity index (χ0n) is 17.7. The van der Waals surface area contributed by atoms with Crippen LogP contribution in [-0.2, 0) is 6.61 Å². The second-order valence-electron chi connectivity index (χ2n) is 7.38. The van der Waals surface area contributed by atoms with Crippen LogP contribution in [0.15, 0.2) is 91.0 Å². The van der Waals surface area contributed by atoms with Gasteiger partial charge in [0.15, 0.2) is 5.78 Å². The van der Waals surface area contributed by atoms with Gasteiger partial charge in [-0.15, -0.1) is 0 Å². The Morgan fingerprint density at radius 3 is 2.42 bits per heavy atom. The van der Waals surface area contributed by atoms with E-state index in [-0.39, 0.29) is 5.78 Å². The molecule has 0 fully saturated rings. The Bertz CT molecular complexity index is 1250. The summed E-state index contributed by atoms with van der Waals surface area (Å²) >= 11 is 0. The minimum atomic E-state index is -0.0284. The third-order valence-corrected chi connectivity index (χ3v) is 5.24. The molecule has 4 aromatic rings. The number of carbonyl (C=O) groups excluding carboxylic acids is 1. The van der Waals surface area contributed by atoms with Crippen molar-refractivity contribution < 1.29 is 14.3 Å². The molecule has 3 heteroatoms. The Balaban J connectivity index is 1.52. The average Bonchev–Trinajstić information content (AvgIpc) is 2.81. The van der Waals surface area contributed by atoms with Gasteiger partial charge in [0, 0.05) is 11.1 Å². The maximum Gasteiger partial charge on any atom is 0.185 e. The van der Waals surface area contributed by atoms with Gasteiger partial charge in [0.25, 0.3) is 0 Å². The first kappa shape index (κ1) is 20.4. The summed E-state index contributed by atoms with van der Waals surface area (Å²) in [5.41, 5.74) is 3.59. The third-order valence-electron chi connectivity index (χ3n) is 5.24. The Hall–Kier alpha value is -3.85. The lowest BCUT2D eigenvalue weighted by atomic mass is 10.0. The Morgan fingerprint density at radius 1 is 0.839 bits per heavy atom. The molecule has 0 saturated heterocycles. The molecule has 4 rings (SSSR count). The molecule has 0 atom stereocenters. The van der Waals surface area contributed by atoms with E-state index in [0.717, 1.165) is 39.0 Å². The van der Waals surface area contributed by atoms with Gasteiger partial charge < -0.3 is 9.47 Å². The van der Waals surface area contributed by atoms with Crippen molar-refractivity contribution >= 4 is 22.6 Å². The van der Waals surface area contributed by atoms with Gasteiger partial charge in [0.2, 0.25) is 0 Å². The normalized spacial score (nSPS) is 11.0. The first-order valence-electron chi connectivity index (χ1n) is 10.2. The van der Waals surface area contributed by atoms with E-state index in [9.17, 15) is 4.79 Å². The molecule has 31 heavy (non-hydrogen) atoms. The molecule has 0 radical (unpaired) electrons. The number of hydrogen-bond acceptors (Lipinski definition) is 3. The van der Waals surface area contributed by atoms with Gasteiger partial charge in [-0.1, -0.05) is 66.7 Å². The van der Waals surface area contributed by atoms with Gasteiger partial charge >= 0.3 is 0 Å². The summed E-state index contributed by atoms with van der Waals surface area (Å²) in [6.07, 6.45) is 3.44. The van der Waals surface area contributed by atoms with E-state index in [2.05, 4.69) is 0 Å². The summed E-state index contributed by atoms with van der Waals surface area (Å²) in [6.45, 7) is 2.40. The van der Waals surface area contributed by atoms with Gasteiger partial charge in [0.05, 0.1) is 7.11 Å². The molecule has 3 nitrogen and oxygen atoms in total.